The molecule has 0 bridgehead atoms. The van der Waals surface area contributed by atoms with Crippen LogP contribution >= 0.6 is 23.2 Å². The molecule has 0 N–H and O–H groups in total. The Hall–Kier alpha value is -2.24. The summed E-state index contributed by atoms with van der Waals surface area (Å²) in [6.07, 6.45) is 0. The second-order valence-corrected chi connectivity index (χ2v) is 7.14. The monoisotopic (exact) mass is 389 g/mol. The van der Waals surface area contributed by atoms with E-state index in [2.05, 4.69) is 4.99 Å². The number of fused-ring (bicyclic) bond motifs is 3. The number of benzene rings is 2. The molecular formula is C19H17Cl2N3O2. The highest BCUT2D eigenvalue weighted by molar-refractivity contribution is 6.43. The lowest BCUT2D eigenvalue weighted by molar-refractivity contribution is -0.117. The molecule has 1 amide bonds. The van der Waals surface area contributed by atoms with Gasteiger partial charge in [0.2, 0.25) is 5.96 Å². The molecule has 1 unspecified atom stereocenters. The average Bonchev–Trinajstić information content (AvgIpc) is 2.95. The number of carbonyl (C=O) groups excluding carboxylic acids is 1. The Morgan fingerprint density at radius 2 is 1.92 bits per heavy atom. The van der Waals surface area contributed by atoms with Gasteiger partial charge in [-0.1, -0.05) is 35.3 Å². The summed E-state index contributed by atoms with van der Waals surface area (Å²) in [6.45, 7) is 2.99. The highest BCUT2D eigenvalue weighted by Gasteiger charge is 2.40. The van der Waals surface area contributed by atoms with E-state index in [0.717, 1.165) is 22.6 Å². The number of anilines is 1. The topological polar surface area (TPSA) is 45.1 Å². The summed E-state index contributed by atoms with van der Waals surface area (Å²) in [4.78, 5) is 20.5. The van der Waals surface area contributed by atoms with Crippen LogP contribution in [-0.4, -0.2) is 29.9 Å². The molecule has 1 atom stereocenters. The fourth-order valence-corrected chi connectivity index (χ4v) is 3.76. The van der Waals surface area contributed by atoms with Crippen molar-refractivity contribution in [2.75, 3.05) is 12.0 Å². The fourth-order valence-electron chi connectivity index (χ4n) is 3.37. The first-order chi connectivity index (χ1) is 12.5. The molecule has 0 radical (unpaired) electrons. The van der Waals surface area contributed by atoms with E-state index in [4.69, 9.17) is 27.9 Å². The Labute approximate surface area is 161 Å². The van der Waals surface area contributed by atoms with Crippen molar-refractivity contribution in [3.63, 3.8) is 0 Å². The number of hydrogen-bond acceptors (Lipinski definition) is 4. The zero-order valence-electron chi connectivity index (χ0n) is 14.4. The summed E-state index contributed by atoms with van der Waals surface area (Å²) < 4.78 is 5.21. The van der Waals surface area contributed by atoms with Crippen LogP contribution < -0.4 is 9.64 Å². The maximum Gasteiger partial charge on any atom is 0.271 e. The Morgan fingerprint density at radius 3 is 2.62 bits per heavy atom. The largest absolute Gasteiger partial charge is 0.497 e. The molecular weight excluding hydrogens is 373 g/mol. The molecule has 0 saturated heterocycles. The third-order valence-corrected chi connectivity index (χ3v) is 5.61. The summed E-state index contributed by atoms with van der Waals surface area (Å²) >= 11 is 12.7. The predicted octanol–water partition coefficient (Wildman–Crippen LogP) is 4.11. The Bertz CT molecular complexity index is 912. The van der Waals surface area contributed by atoms with Gasteiger partial charge in [-0.05, 0) is 36.8 Å². The van der Waals surface area contributed by atoms with Gasteiger partial charge in [-0.25, -0.2) is 0 Å². The molecule has 0 saturated carbocycles. The van der Waals surface area contributed by atoms with Gasteiger partial charge in [-0.2, -0.15) is 4.99 Å². The van der Waals surface area contributed by atoms with Gasteiger partial charge < -0.3 is 9.64 Å². The molecule has 5 nitrogen and oxygen atoms in total. The van der Waals surface area contributed by atoms with Crippen molar-refractivity contribution in [2.45, 2.75) is 26.1 Å². The number of guanidine groups is 1. The van der Waals surface area contributed by atoms with E-state index >= 15 is 0 Å². The number of aliphatic imine (C=N–C) groups is 1. The lowest BCUT2D eigenvalue weighted by Crippen LogP contribution is -2.48. The lowest BCUT2D eigenvalue weighted by atomic mass is 10.1. The molecule has 2 aromatic rings. The number of hydrogen-bond donors (Lipinski definition) is 0. The molecule has 2 aliphatic rings. The average molecular weight is 390 g/mol. The first kappa shape index (κ1) is 17.2. The standard InChI is InChI=1S/C19H17Cl2N3O2/c1-11-18(25)22-19-23(9-12-3-5-13(26-2)6-4-12)10-14-16(24(11)19)8-7-15(20)17(14)21/h3-8,11H,9-10H2,1-2H3. The Balaban J connectivity index is 1.74. The Morgan fingerprint density at radius 1 is 1.19 bits per heavy atom. The highest BCUT2D eigenvalue weighted by atomic mass is 35.5. The SMILES string of the molecule is COc1ccc(CN2Cc3c(ccc(Cl)c3Cl)N3C2=NC(=O)C3C)cc1. The summed E-state index contributed by atoms with van der Waals surface area (Å²) in [5.41, 5.74) is 2.89. The van der Waals surface area contributed by atoms with Crippen LogP contribution in [-0.2, 0) is 17.9 Å². The first-order valence-corrected chi connectivity index (χ1v) is 9.01. The van der Waals surface area contributed by atoms with Gasteiger partial charge in [0, 0.05) is 18.7 Å². The molecule has 2 aliphatic heterocycles. The predicted molar refractivity (Wildman–Crippen MR) is 103 cm³/mol. The minimum atomic E-state index is -0.361. The van der Waals surface area contributed by atoms with Crippen LogP contribution in [0.15, 0.2) is 41.4 Å². The van der Waals surface area contributed by atoms with E-state index in [1.807, 2.05) is 47.1 Å². The van der Waals surface area contributed by atoms with Gasteiger partial charge >= 0.3 is 0 Å². The van der Waals surface area contributed by atoms with Crippen LogP contribution in [0, 0.1) is 0 Å². The minimum absolute atomic E-state index is 0.154. The van der Waals surface area contributed by atoms with Gasteiger partial charge in [0.05, 0.1) is 22.8 Å². The third-order valence-electron chi connectivity index (χ3n) is 4.77. The molecule has 0 aliphatic carbocycles. The molecule has 2 heterocycles. The molecule has 134 valence electrons. The zero-order chi connectivity index (χ0) is 18.4. The van der Waals surface area contributed by atoms with E-state index in [9.17, 15) is 4.79 Å². The lowest BCUT2D eigenvalue weighted by Gasteiger charge is -2.39. The number of amides is 1. The van der Waals surface area contributed by atoms with Crippen LogP contribution in [0.2, 0.25) is 10.0 Å². The Kier molecular flexibility index (Phi) is 4.29. The van der Waals surface area contributed by atoms with Crippen molar-refractivity contribution in [2.24, 2.45) is 4.99 Å². The first-order valence-electron chi connectivity index (χ1n) is 8.26. The number of rotatable bonds is 3. The van der Waals surface area contributed by atoms with Crippen LogP contribution in [0.1, 0.15) is 18.1 Å². The van der Waals surface area contributed by atoms with Crippen LogP contribution in [0.5, 0.6) is 5.75 Å². The smallest absolute Gasteiger partial charge is 0.271 e. The second kappa shape index (κ2) is 6.49. The van der Waals surface area contributed by atoms with Crippen molar-refractivity contribution in [1.82, 2.24) is 4.90 Å². The van der Waals surface area contributed by atoms with Crippen LogP contribution in [0.25, 0.3) is 0 Å². The van der Waals surface area contributed by atoms with E-state index in [-0.39, 0.29) is 11.9 Å². The van der Waals surface area contributed by atoms with E-state index in [1.165, 1.54) is 0 Å². The summed E-state index contributed by atoms with van der Waals surface area (Å²) in [6, 6.07) is 11.1. The maximum absolute atomic E-state index is 12.3. The summed E-state index contributed by atoms with van der Waals surface area (Å²) in [7, 11) is 1.64. The fraction of sp³-hybridized carbons (Fsp3) is 0.263. The van der Waals surface area contributed by atoms with Crippen molar-refractivity contribution < 1.29 is 9.53 Å². The van der Waals surface area contributed by atoms with Crippen LogP contribution in [0.3, 0.4) is 0 Å². The van der Waals surface area contributed by atoms with Gasteiger partial charge in [0.25, 0.3) is 5.91 Å². The number of ether oxygens (including phenoxy) is 1. The second-order valence-electron chi connectivity index (χ2n) is 6.36. The minimum Gasteiger partial charge on any atom is -0.497 e. The molecule has 4 rings (SSSR count). The van der Waals surface area contributed by atoms with E-state index < -0.39 is 0 Å². The molecule has 2 aromatic carbocycles. The molecule has 0 fully saturated rings. The molecule has 0 aromatic heterocycles. The van der Waals surface area contributed by atoms with Crippen LogP contribution in [0.4, 0.5) is 5.69 Å². The van der Waals surface area contributed by atoms with Gasteiger partial charge in [0.1, 0.15) is 11.8 Å². The highest BCUT2D eigenvalue weighted by Crippen LogP contribution is 2.40. The summed E-state index contributed by atoms with van der Waals surface area (Å²) in [5.74, 6) is 1.30. The maximum atomic E-state index is 12.3. The van der Waals surface area contributed by atoms with Gasteiger partial charge in [-0.3, -0.25) is 9.69 Å². The normalized spacial score (nSPS) is 18.5. The van der Waals surface area contributed by atoms with Crippen molar-refractivity contribution in [1.29, 1.82) is 0 Å². The van der Waals surface area contributed by atoms with Crippen molar-refractivity contribution in [3.05, 3.63) is 57.6 Å². The molecule has 26 heavy (non-hydrogen) atoms. The molecule has 7 heteroatoms. The molecule has 0 spiro atoms. The number of carbonyl (C=O) groups is 1. The van der Waals surface area contributed by atoms with Crippen molar-refractivity contribution in [3.8, 4) is 5.75 Å². The quantitative estimate of drug-likeness (QED) is 0.792. The van der Waals surface area contributed by atoms with Gasteiger partial charge in [0.15, 0.2) is 0 Å². The number of nitrogens with zero attached hydrogens (tertiary/aromatic N) is 3. The number of halogens is 2. The van der Waals surface area contributed by atoms with E-state index in [1.54, 1.807) is 13.2 Å². The third kappa shape index (κ3) is 2.72. The van der Waals surface area contributed by atoms with E-state index in [0.29, 0.717) is 29.1 Å². The van der Waals surface area contributed by atoms with Crippen molar-refractivity contribution >= 4 is 40.8 Å². The van der Waals surface area contributed by atoms with Gasteiger partial charge in [-0.15, -0.1) is 0 Å². The number of methoxy groups -OCH3 is 1. The summed E-state index contributed by atoms with van der Waals surface area (Å²) in [5, 5.41) is 1.03. The zero-order valence-corrected chi connectivity index (χ0v) is 15.9.